The number of aliphatic hydroxyl groups is 2. The molecule has 0 aliphatic heterocycles. The lowest BCUT2D eigenvalue weighted by Crippen LogP contribution is -2.53. The van der Waals surface area contributed by atoms with E-state index in [0.29, 0.717) is 5.92 Å². The molecule has 17 heavy (non-hydrogen) atoms. The molecule has 0 aromatic rings. The van der Waals surface area contributed by atoms with Gasteiger partial charge in [-0.15, -0.1) is 0 Å². The summed E-state index contributed by atoms with van der Waals surface area (Å²) in [5.41, 5.74) is -0.790. The summed E-state index contributed by atoms with van der Waals surface area (Å²) >= 11 is 0. The molecule has 100 valence electrons. The molecule has 0 heterocycles. The zero-order valence-corrected chi connectivity index (χ0v) is 11.2. The lowest BCUT2D eigenvalue weighted by molar-refractivity contribution is -0.146. The predicted molar refractivity (Wildman–Crippen MR) is 69.8 cm³/mol. The lowest BCUT2D eigenvalue weighted by atomic mass is 9.60. The Bertz CT molecular complexity index is 243. The number of hydrogen-bond acceptors (Lipinski definition) is 2. The van der Waals surface area contributed by atoms with Crippen molar-refractivity contribution < 1.29 is 10.2 Å². The third-order valence-electron chi connectivity index (χ3n) is 5.32. The van der Waals surface area contributed by atoms with Gasteiger partial charge in [0, 0.05) is 5.41 Å². The molecule has 0 aromatic heterocycles. The first-order chi connectivity index (χ1) is 8.12. The van der Waals surface area contributed by atoms with E-state index in [1.807, 2.05) is 0 Å². The maximum Gasteiger partial charge on any atom is 0.0728 e. The summed E-state index contributed by atoms with van der Waals surface area (Å²) in [5.74, 6) is 0.612. The molecule has 0 saturated heterocycles. The van der Waals surface area contributed by atoms with Crippen molar-refractivity contribution in [2.75, 3.05) is 6.61 Å². The lowest BCUT2D eigenvalue weighted by Gasteiger charge is -2.50. The first-order valence-electron chi connectivity index (χ1n) is 7.45. The van der Waals surface area contributed by atoms with E-state index < -0.39 is 5.60 Å². The van der Waals surface area contributed by atoms with Crippen molar-refractivity contribution in [2.45, 2.75) is 76.7 Å². The maximum atomic E-state index is 11.1. The summed E-state index contributed by atoms with van der Waals surface area (Å²) in [4.78, 5) is 0. The van der Waals surface area contributed by atoms with Crippen LogP contribution in [0.4, 0.5) is 0 Å². The first-order valence-corrected chi connectivity index (χ1v) is 7.45. The van der Waals surface area contributed by atoms with Crippen molar-refractivity contribution in [3.05, 3.63) is 0 Å². The largest absolute Gasteiger partial charge is 0.396 e. The molecule has 2 atom stereocenters. The third-order valence-corrected chi connectivity index (χ3v) is 5.32. The molecule has 2 aliphatic rings. The maximum absolute atomic E-state index is 11.1. The molecule has 0 amide bonds. The molecule has 0 bridgehead atoms. The van der Waals surface area contributed by atoms with Crippen molar-refractivity contribution in [1.82, 2.24) is 0 Å². The smallest absolute Gasteiger partial charge is 0.0728 e. The normalized spacial score (nSPS) is 38.6. The van der Waals surface area contributed by atoms with Crippen molar-refractivity contribution >= 4 is 0 Å². The second kappa shape index (κ2) is 5.27. The molecule has 2 N–H and O–H groups in total. The second-order valence-electron chi connectivity index (χ2n) is 6.59. The SMILES string of the molecule is CC1CCCC(O)(C2(CO)CCCCCC2)C1. The third kappa shape index (κ3) is 2.53. The van der Waals surface area contributed by atoms with Gasteiger partial charge in [-0.3, -0.25) is 0 Å². The summed E-state index contributed by atoms with van der Waals surface area (Å²) in [6.07, 6.45) is 11.1. The topological polar surface area (TPSA) is 40.5 Å². The molecule has 0 spiro atoms. The van der Waals surface area contributed by atoms with Gasteiger partial charge in [-0.1, -0.05) is 45.4 Å². The highest BCUT2D eigenvalue weighted by molar-refractivity contribution is 5.01. The van der Waals surface area contributed by atoms with E-state index in [1.54, 1.807) is 0 Å². The highest BCUT2D eigenvalue weighted by Gasteiger charge is 2.50. The summed E-state index contributed by atoms with van der Waals surface area (Å²) < 4.78 is 0. The molecule has 2 rings (SSSR count). The number of rotatable bonds is 2. The quantitative estimate of drug-likeness (QED) is 0.727. The highest BCUT2D eigenvalue weighted by atomic mass is 16.3. The fourth-order valence-electron chi connectivity index (χ4n) is 4.18. The van der Waals surface area contributed by atoms with E-state index in [2.05, 4.69) is 6.92 Å². The van der Waals surface area contributed by atoms with Gasteiger partial charge in [-0.25, -0.2) is 0 Å². The molecule has 0 radical (unpaired) electrons. The van der Waals surface area contributed by atoms with Crippen LogP contribution in [0.3, 0.4) is 0 Å². The summed E-state index contributed by atoms with van der Waals surface area (Å²) in [5, 5.41) is 21.0. The van der Waals surface area contributed by atoms with Crippen LogP contribution >= 0.6 is 0 Å². The van der Waals surface area contributed by atoms with E-state index >= 15 is 0 Å². The van der Waals surface area contributed by atoms with Gasteiger partial charge in [0.15, 0.2) is 0 Å². The van der Waals surface area contributed by atoms with Crippen molar-refractivity contribution in [2.24, 2.45) is 11.3 Å². The standard InChI is InChI=1S/C15H28O2/c1-13-7-6-10-15(17,11-13)14(12-16)8-4-2-3-5-9-14/h13,16-17H,2-12H2,1H3. The minimum Gasteiger partial charge on any atom is -0.396 e. The molecule has 2 aliphatic carbocycles. The zero-order chi connectivity index (χ0) is 12.4. The minimum atomic E-state index is -0.593. The summed E-state index contributed by atoms with van der Waals surface area (Å²) in [6.45, 7) is 2.42. The van der Waals surface area contributed by atoms with E-state index in [0.717, 1.165) is 32.1 Å². The fourth-order valence-corrected chi connectivity index (χ4v) is 4.18. The van der Waals surface area contributed by atoms with E-state index in [-0.39, 0.29) is 12.0 Å². The van der Waals surface area contributed by atoms with E-state index in [4.69, 9.17) is 0 Å². The van der Waals surface area contributed by atoms with Gasteiger partial charge in [0.1, 0.15) is 0 Å². The van der Waals surface area contributed by atoms with Crippen LogP contribution in [0.2, 0.25) is 0 Å². The van der Waals surface area contributed by atoms with Crippen LogP contribution in [0.5, 0.6) is 0 Å². The van der Waals surface area contributed by atoms with Crippen LogP contribution in [0.1, 0.15) is 71.1 Å². The van der Waals surface area contributed by atoms with Gasteiger partial charge < -0.3 is 10.2 Å². The summed E-state index contributed by atoms with van der Waals surface area (Å²) in [7, 11) is 0. The highest BCUT2D eigenvalue weighted by Crippen LogP contribution is 2.51. The minimum absolute atomic E-state index is 0.177. The molecule has 0 aromatic carbocycles. The zero-order valence-electron chi connectivity index (χ0n) is 11.2. The van der Waals surface area contributed by atoms with E-state index in [9.17, 15) is 10.2 Å². The molecule has 2 fully saturated rings. The predicted octanol–water partition coefficient (Wildman–Crippen LogP) is 3.26. The van der Waals surface area contributed by atoms with Gasteiger partial charge >= 0.3 is 0 Å². The van der Waals surface area contributed by atoms with Crippen LogP contribution in [0.15, 0.2) is 0 Å². The van der Waals surface area contributed by atoms with Gasteiger partial charge in [-0.2, -0.15) is 0 Å². The second-order valence-corrected chi connectivity index (χ2v) is 6.59. The Balaban J connectivity index is 2.19. The molecule has 2 nitrogen and oxygen atoms in total. The fraction of sp³-hybridized carbons (Fsp3) is 1.00. The Hall–Kier alpha value is -0.0800. The van der Waals surface area contributed by atoms with Crippen LogP contribution < -0.4 is 0 Å². The molecule has 2 heteroatoms. The Morgan fingerprint density at radius 1 is 1.00 bits per heavy atom. The van der Waals surface area contributed by atoms with Gasteiger partial charge in [0.2, 0.25) is 0 Å². The molecule has 2 saturated carbocycles. The number of aliphatic hydroxyl groups excluding tert-OH is 1. The first kappa shape index (κ1) is 13.4. The van der Waals surface area contributed by atoms with Gasteiger partial charge in [-0.05, 0) is 31.6 Å². The van der Waals surface area contributed by atoms with Crippen molar-refractivity contribution in [3.63, 3.8) is 0 Å². The van der Waals surface area contributed by atoms with Crippen LogP contribution in [0.25, 0.3) is 0 Å². The molecular formula is C15H28O2. The van der Waals surface area contributed by atoms with Crippen LogP contribution in [-0.2, 0) is 0 Å². The molecule has 2 unspecified atom stereocenters. The van der Waals surface area contributed by atoms with Crippen molar-refractivity contribution in [3.8, 4) is 0 Å². The Morgan fingerprint density at radius 2 is 1.65 bits per heavy atom. The monoisotopic (exact) mass is 240 g/mol. The Kier molecular flexibility index (Phi) is 4.14. The van der Waals surface area contributed by atoms with Crippen LogP contribution in [-0.4, -0.2) is 22.4 Å². The Labute approximate surface area is 105 Å². The Morgan fingerprint density at radius 3 is 2.18 bits per heavy atom. The van der Waals surface area contributed by atoms with Crippen LogP contribution in [0, 0.1) is 11.3 Å². The van der Waals surface area contributed by atoms with Crippen molar-refractivity contribution in [1.29, 1.82) is 0 Å². The van der Waals surface area contributed by atoms with Gasteiger partial charge in [0.25, 0.3) is 0 Å². The number of hydrogen-bond donors (Lipinski definition) is 2. The average molecular weight is 240 g/mol. The molecular weight excluding hydrogens is 212 g/mol. The summed E-state index contributed by atoms with van der Waals surface area (Å²) in [6, 6.07) is 0. The van der Waals surface area contributed by atoms with Gasteiger partial charge in [0.05, 0.1) is 12.2 Å². The van der Waals surface area contributed by atoms with E-state index in [1.165, 1.54) is 32.1 Å². The average Bonchev–Trinajstić information content (AvgIpc) is 2.55.